The van der Waals surface area contributed by atoms with Gasteiger partial charge in [0.25, 0.3) is 0 Å². The lowest BCUT2D eigenvalue weighted by molar-refractivity contribution is -0.0635. The third-order valence-electron chi connectivity index (χ3n) is 3.10. The van der Waals surface area contributed by atoms with Crippen LogP contribution in [0.15, 0.2) is 0 Å². The largest absolute Gasteiger partial charge is 0.374 e. The Kier molecular flexibility index (Phi) is 2.81. The lowest BCUT2D eigenvalue weighted by Gasteiger charge is -2.35. The third-order valence-corrected chi connectivity index (χ3v) is 4.84. The smallest absolute Gasteiger partial charge is 0.152 e. The molecule has 1 aliphatic carbocycles. The molecule has 82 valence electrons. The zero-order valence-corrected chi connectivity index (χ0v) is 9.00. The van der Waals surface area contributed by atoms with Gasteiger partial charge in [-0.2, -0.15) is 0 Å². The molecular formula is C9H17NO3S. The summed E-state index contributed by atoms with van der Waals surface area (Å²) in [5.41, 5.74) is 5.50. The molecule has 2 aliphatic rings. The van der Waals surface area contributed by atoms with Crippen LogP contribution in [0.4, 0.5) is 0 Å². The zero-order chi connectivity index (χ0) is 10.2. The van der Waals surface area contributed by atoms with Gasteiger partial charge in [0.1, 0.15) is 0 Å². The summed E-state index contributed by atoms with van der Waals surface area (Å²) in [6, 6.07) is 0. The first-order valence-electron chi connectivity index (χ1n) is 5.15. The van der Waals surface area contributed by atoms with Crippen LogP contribution in [-0.4, -0.2) is 38.7 Å². The van der Waals surface area contributed by atoms with Crippen molar-refractivity contribution in [3.05, 3.63) is 0 Å². The van der Waals surface area contributed by atoms with Crippen LogP contribution in [0.25, 0.3) is 0 Å². The van der Waals surface area contributed by atoms with Gasteiger partial charge in [0.2, 0.25) is 0 Å². The molecule has 0 aromatic rings. The van der Waals surface area contributed by atoms with Crippen LogP contribution in [0, 0.1) is 5.92 Å². The van der Waals surface area contributed by atoms with Gasteiger partial charge >= 0.3 is 0 Å². The van der Waals surface area contributed by atoms with E-state index in [0.29, 0.717) is 18.1 Å². The second kappa shape index (κ2) is 3.79. The number of rotatable bonds is 3. The van der Waals surface area contributed by atoms with E-state index < -0.39 is 9.84 Å². The highest BCUT2D eigenvalue weighted by Gasteiger charge is 2.35. The van der Waals surface area contributed by atoms with E-state index in [0.717, 1.165) is 19.4 Å². The van der Waals surface area contributed by atoms with Crippen LogP contribution in [0.1, 0.15) is 19.3 Å². The molecule has 1 saturated carbocycles. The van der Waals surface area contributed by atoms with Crippen molar-refractivity contribution >= 4 is 9.84 Å². The van der Waals surface area contributed by atoms with Gasteiger partial charge < -0.3 is 10.5 Å². The molecule has 1 aliphatic heterocycles. The summed E-state index contributed by atoms with van der Waals surface area (Å²) in [5.74, 6) is 1.11. The number of sulfone groups is 1. The molecule has 2 rings (SSSR count). The Morgan fingerprint density at radius 1 is 1.29 bits per heavy atom. The first-order valence-corrected chi connectivity index (χ1v) is 6.97. The number of ether oxygens (including phenoxy) is 1. The summed E-state index contributed by atoms with van der Waals surface area (Å²) >= 11 is 0. The van der Waals surface area contributed by atoms with Gasteiger partial charge in [-0.3, -0.25) is 0 Å². The molecule has 2 fully saturated rings. The van der Waals surface area contributed by atoms with Crippen molar-refractivity contribution < 1.29 is 13.2 Å². The fourth-order valence-corrected chi connectivity index (χ4v) is 3.72. The van der Waals surface area contributed by atoms with Crippen molar-refractivity contribution in [3.8, 4) is 0 Å². The van der Waals surface area contributed by atoms with Crippen LogP contribution in [-0.2, 0) is 14.6 Å². The van der Waals surface area contributed by atoms with Gasteiger partial charge in [0, 0.05) is 0 Å². The lowest BCUT2D eigenvalue weighted by Crippen LogP contribution is -2.38. The summed E-state index contributed by atoms with van der Waals surface area (Å²) in [5, 5.41) is 0. The quantitative estimate of drug-likeness (QED) is 0.721. The van der Waals surface area contributed by atoms with Gasteiger partial charge in [-0.1, -0.05) is 0 Å². The topological polar surface area (TPSA) is 69.4 Å². The van der Waals surface area contributed by atoms with E-state index in [4.69, 9.17) is 10.5 Å². The molecular weight excluding hydrogens is 202 g/mol. The SMILES string of the molecule is NCC1CC(OC2CCS(=O)(=O)C2)C1. The van der Waals surface area contributed by atoms with Gasteiger partial charge in [-0.05, 0) is 31.7 Å². The first-order chi connectivity index (χ1) is 6.59. The monoisotopic (exact) mass is 219 g/mol. The van der Waals surface area contributed by atoms with E-state index in [1.54, 1.807) is 0 Å². The Labute approximate surface area is 84.7 Å². The maximum absolute atomic E-state index is 11.1. The Morgan fingerprint density at radius 2 is 2.00 bits per heavy atom. The van der Waals surface area contributed by atoms with Crippen molar-refractivity contribution in [1.29, 1.82) is 0 Å². The minimum atomic E-state index is -2.79. The van der Waals surface area contributed by atoms with E-state index in [-0.39, 0.29) is 18.0 Å². The molecule has 4 nitrogen and oxygen atoms in total. The maximum Gasteiger partial charge on any atom is 0.152 e. The minimum Gasteiger partial charge on any atom is -0.374 e. The Hall–Kier alpha value is -0.130. The maximum atomic E-state index is 11.1. The van der Waals surface area contributed by atoms with Crippen LogP contribution < -0.4 is 5.73 Å². The second-order valence-electron chi connectivity index (χ2n) is 4.36. The molecule has 2 N–H and O–H groups in total. The van der Waals surface area contributed by atoms with Crippen LogP contribution in [0.5, 0.6) is 0 Å². The van der Waals surface area contributed by atoms with Crippen LogP contribution in [0.2, 0.25) is 0 Å². The Balaban J connectivity index is 1.73. The molecule has 1 saturated heterocycles. The molecule has 1 atom stereocenters. The van der Waals surface area contributed by atoms with E-state index in [1.807, 2.05) is 0 Å². The highest BCUT2D eigenvalue weighted by atomic mass is 32.2. The molecule has 1 heterocycles. The molecule has 0 aromatic carbocycles. The Bertz CT molecular complexity index is 295. The van der Waals surface area contributed by atoms with Gasteiger partial charge in [-0.25, -0.2) is 8.42 Å². The molecule has 0 spiro atoms. The van der Waals surface area contributed by atoms with Gasteiger partial charge in [0.15, 0.2) is 9.84 Å². The average molecular weight is 219 g/mol. The molecule has 5 heteroatoms. The average Bonchev–Trinajstić information content (AvgIpc) is 2.37. The van der Waals surface area contributed by atoms with Crippen molar-refractivity contribution in [2.45, 2.75) is 31.5 Å². The molecule has 0 amide bonds. The minimum absolute atomic E-state index is 0.0521. The fraction of sp³-hybridized carbons (Fsp3) is 1.00. The van der Waals surface area contributed by atoms with Gasteiger partial charge in [-0.15, -0.1) is 0 Å². The van der Waals surface area contributed by atoms with Crippen LogP contribution >= 0.6 is 0 Å². The molecule has 0 radical (unpaired) electrons. The van der Waals surface area contributed by atoms with Crippen molar-refractivity contribution in [3.63, 3.8) is 0 Å². The summed E-state index contributed by atoms with van der Waals surface area (Å²) in [6.45, 7) is 0.725. The predicted molar refractivity (Wildman–Crippen MR) is 53.7 cm³/mol. The molecule has 1 unspecified atom stereocenters. The normalized spacial score (nSPS) is 40.8. The van der Waals surface area contributed by atoms with E-state index >= 15 is 0 Å². The molecule has 0 bridgehead atoms. The highest BCUT2D eigenvalue weighted by Crippen LogP contribution is 2.31. The number of hydrogen-bond donors (Lipinski definition) is 1. The summed E-state index contributed by atoms with van der Waals surface area (Å²) < 4.78 is 28.0. The van der Waals surface area contributed by atoms with E-state index in [2.05, 4.69) is 0 Å². The highest BCUT2D eigenvalue weighted by molar-refractivity contribution is 7.91. The summed E-state index contributed by atoms with van der Waals surface area (Å²) in [6.07, 6.45) is 2.90. The first kappa shape index (κ1) is 10.4. The van der Waals surface area contributed by atoms with Crippen molar-refractivity contribution in [2.75, 3.05) is 18.1 Å². The van der Waals surface area contributed by atoms with Crippen molar-refractivity contribution in [2.24, 2.45) is 11.7 Å². The summed E-state index contributed by atoms with van der Waals surface area (Å²) in [4.78, 5) is 0. The third kappa shape index (κ3) is 2.27. The molecule has 0 aromatic heterocycles. The number of hydrogen-bond acceptors (Lipinski definition) is 4. The van der Waals surface area contributed by atoms with Crippen LogP contribution in [0.3, 0.4) is 0 Å². The van der Waals surface area contributed by atoms with Crippen molar-refractivity contribution in [1.82, 2.24) is 0 Å². The number of nitrogens with two attached hydrogens (primary N) is 1. The fourth-order valence-electron chi connectivity index (χ4n) is 2.12. The Morgan fingerprint density at radius 3 is 2.50 bits per heavy atom. The molecule has 14 heavy (non-hydrogen) atoms. The standard InChI is InChI=1S/C9H17NO3S/c10-5-7-3-9(4-7)13-8-1-2-14(11,12)6-8/h7-9H,1-6,10H2. The lowest BCUT2D eigenvalue weighted by atomic mass is 9.82. The predicted octanol–water partition coefficient (Wildman–Crippen LogP) is -0.0726. The van der Waals surface area contributed by atoms with Gasteiger partial charge in [0.05, 0.1) is 23.7 Å². The summed E-state index contributed by atoms with van der Waals surface area (Å²) in [7, 11) is -2.79. The van der Waals surface area contributed by atoms with E-state index in [1.165, 1.54) is 0 Å². The van der Waals surface area contributed by atoms with E-state index in [9.17, 15) is 8.42 Å². The second-order valence-corrected chi connectivity index (χ2v) is 6.58. The zero-order valence-electron chi connectivity index (χ0n) is 8.19.